The van der Waals surface area contributed by atoms with Gasteiger partial charge in [0.25, 0.3) is 5.88 Å². The van der Waals surface area contributed by atoms with Gasteiger partial charge in [-0.25, -0.2) is 0 Å². The molecule has 1 rings (SSSR count). The van der Waals surface area contributed by atoms with E-state index < -0.39 is 0 Å². The van der Waals surface area contributed by atoms with Crippen molar-refractivity contribution in [3.63, 3.8) is 0 Å². The highest BCUT2D eigenvalue weighted by atomic mass is 79.9. The number of alkyl halides is 1. The molecule has 0 spiro atoms. The number of ether oxygens (including phenoxy) is 1. The molecule has 14 heavy (non-hydrogen) atoms. The number of aromatic nitrogens is 1. The minimum absolute atomic E-state index is 0.360. The van der Waals surface area contributed by atoms with Crippen molar-refractivity contribution in [2.75, 3.05) is 11.9 Å². The summed E-state index contributed by atoms with van der Waals surface area (Å²) in [5.41, 5.74) is 0. The summed E-state index contributed by atoms with van der Waals surface area (Å²) in [6.07, 6.45) is 0. The van der Waals surface area contributed by atoms with Crippen LogP contribution in [0, 0.1) is 0 Å². The first kappa shape index (κ1) is 13.5. The predicted molar refractivity (Wildman–Crippen MR) is 61.2 cm³/mol. The summed E-state index contributed by atoms with van der Waals surface area (Å²) in [7, 11) is 0. The lowest BCUT2D eigenvalue weighted by Gasteiger charge is -1.95. The molecule has 0 saturated carbocycles. The van der Waals surface area contributed by atoms with E-state index in [1.165, 1.54) is 0 Å². The minimum atomic E-state index is 0.360. The molecule has 0 saturated heterocycles. The molecular weight excluding hydrogens is 246 g/mol. The predicted octanol–water partition coefficient (Wildman–Crippen LogP) is 3.60. The first-order valence-electron chi connectivity index (χ1n) is 4.89. The van der Waals surface area contributed by atoms with Gasteiger partial charge in [-0.2, -0.15) is 0 Å². The Hall–Kier alpha value is -0.510. The van der Waals surface area contributed by atoms with Crippen LogP contribution in [-0.2, 0) is 0 Å². The topological polar surface area (TPSA) is 35.3 Å². The lowest BCUT2D eigenvalue weighted by Crippen LogP contribution is -1.97. The monoisotopic (exact) mass is 263 g/mol. The summed E-state index contributed by atoms with van der Waals surface area (Å²) in [6, 6.07) is 1.83. The van der Waals surface area contributed by atoms with Crippen molar-refractivity contribution in [2.24, 2.45) is 0 Å². The summed E-state index contributed by atoms with van der Waals surface area (Å²) >= 11 is 3.26. The summed E-state index contributed by atoms with van der Waals surface area (Å²) < 4.78 is 10.3. The maximum Gasteiger partial charge on any atom is 0.254 e. The van der Waals surface area contributed by atoms with Gasteiger partial charge in [-0.05, 0) is 5.16 Å². The summed E-state index contributed by atoms with van der Waals surface area (Å²) in [4.78, 5) is 0. The van der Waals surface area contributed by atoms with Crippen molar-refractivity contribution in [2.45, 2.75) is 33.6 Å². The maximum atomic E-state index is 5.23. The van der Waals surface area contributed by atoms with Gasteiger partial charge < -0.3 is 9.26 Å². The molecule has 1 heterocycles. The average molecular weight is 264 g/mol. The number of rotatable bonds is 4. The van der Waals surface area contributed by atoms with E-state index in [1.54, 1.807) is 0 Å². The quantitative estimate of drug-likeness (QED) is 0.779. The molecule has 0 aliphatic carbocycles. The third-order valence-electron chi connectivity index (χ3n) is 1.40. The van der Waals surface area contributed by atoms with Crippen molar-refractivity contribution in [3.8, 4) is 5.88 Å². The number of nitrogens with zero attached hydrogens (tertiary/aromatic N) is 1. The number of hydrogen-bond acceptors (Lipinski definition) is 3. The molecule has 0 amide bonds. The third-order valence-corrected chi connectivity index (χ3v) is 1.73. The van der Waals surface area contributed by atoms with Gasteiger partial charge in [0.05, 0.1) is 6.61 Å². The van der Waals surface area contributed by atoms with Gasteiger partial charge in [-0.3, -0.25) is 0 Å². The van der Waals surface area contributed by atoms with Gasteiger partial charge >= 0.3 is 0 Å². The van der Waals surface area contributed by atoms with E-state index in [4.69, 9.17) is 9.26 Å². The zero-order valence-corrected chi connectivity index (χ0v) is 10.8. The number of hydrogen-bond donors (Lipinski definition) is 0. The van der Waals surface area contributed by atoms with E-state index >= 15 is 0 Å². The highest BCUT2D eigenvalue weighted by Crippen LogP contribution is 2.19. The van der Waals surface area contributed by atoms with Crippen LogP contribution in [0.5, 0.6) is 5.88 Å². The molecule has 4 heteroatoms. The molecule has 0 radical (unpaired) electrons. The highest BCUT2D eigenvalue weighted by molar-refractivity contribution is 9.09. The second-order valence-electron chi connectivity index (χ2n) is 2.76. The van der Waals surface area contributed by atoms with Gasteiger partial charge in [0.15, 0.2) is 0 Å². The normalized spacial score (nSPS) is 9.57. The highest BCUT2D eigenvalue weighted by Gasteiger charge is 2.07. The Morgan fingerprint density at radius 1 is 1.50 bits per heavy atom. The molecule has 0 unspecified atom stereocenters. The van der Waals surface area contributed by atoms with Gasteiger partial charge in [-0.15, -0.1) is 0 Å². The van der Waals surface area contributed by atoms with Crippen LogP contribution in [0.2, 0.25) is 0 Å². The SMILES string of the molecule is CC.CC(C)c1cc(OCCBr)no1. The molecule has 1 aromatic rings. The van der Waals surface area contributed by atoms with Gasteiger partial charge in [0.2, 0.25) is 0 Å². The van der Waals surface area contributed by atoms with Gasteiger partial charge in [-0.1, -0.05) is 43.6 Å². The van der Waals surface area contributed by atoms with Crippen molar-refractivity contribution in [3.05, 3.63) is 11.8 Å². The summed E-state index contributed by atoms with van der Waals surface area (Å²) in [5.74, 6) is 1.79. The Balaban J connectivity index is 0.000000791. The Morgan fingerprint density at radius 2 is 2.14 bits per heavy atom. The van der Waals surface area contributed by atoms with Crippen LogP contribution in [0.4, 0.5) is 0 Å². The van der Waals surface area contributed by atoms with E-state index in [0.717, 1.165) is 11.1 Å². The maximum absolute atomic E-state index is 5.23. The Labute approximate surface area is 93.9 Å². The lowest BCUT2D eigenvalue weighted by atomic mass is 10.2. The second-order valence-corrected chi connectivity index (χ2v) is 3.55. The first-order chi connectivity index (χ1) is 6.74. The smallest absolute Gasteiger partial charge is 0.254 e. The van der Waals surface area contributed by atoms with Crippen LogP contribution in [-0.4, -0.2) is 17.1 Å². The van der Waals surface area contributed by atoms with Crippen LogP contribution in [0.15, 0.2) is 10.6 Å². The molecule has 82 valence electrons. The van der Waals surface area contributed by atoms with E-state index in [2.05, 4.69) is 34.9 Å². The molecule has 0 atom stereocenters. The largest absolute Gasteiger partial charge is 0.475 e. The molecular formula is C10H18BrNO2. The first-order valence-corrected chi connectivity index (χ1v) is 6.01. The lowest BCUT2D eigenvalue weighted by molar-refractivity contribution is 0.290. The van der Waals surface area contributed by atoms with Crippen LogP contribution in [0.25, 0.3) is 0 Å². The van der Waals surface area contributed by atoms with Crippen LogP contribution >= 0.6 is 15.9 Å². The minimum Gasteiger partial charge on any atom is -0.475 e. The molecule has 1 aromatic heterocycles. The van der Waals surface area contributed by atoms with E-state index in [1.807, 2.05) is 19.9 Å². The summed E-state index contributed by atoms with van der Waals surface area (Å²) in [5, 5.41) is 4.56. The Kier molecular flexibility index (Phi) is 7.57. The Bertz CT molecular complexity index is 236. The fourth-order valence-electron chi connectivity index (χ4n) is 0.755. The molecule has 0 fully saturated rings. The summed E-state index contributed by atoms with van der Waals surface area (Å²) in [6.45, 7) is 8.72. The molecule has 0 aliphatic rings. The zero-order chi connectivity index (χ0) is 11.0. The fraction of sp³-hybridized carbons (Fsp3) is 0.700. The van der Waals surface area contributed by atoms with E-state index in [9.17, 15) is 0 Å². The van der Waals surface area contributed by atoms with Crippen LogP contribution in [0.3, 0.4) is 0 Å². The second kappa shape index (κ2) is 7.85. The fourth-order valence-corrected chi connectivity index (χ4v) is 0.917. The third kappa shape index (κ3) is 4.65. The van der Waals surface area contributed by atoms with Crippen molar-refractivity contribution >= 4 is 15.9 Å². The van der Waals surface area contributed by atoms with E-state index in [0.29, 0.717) is 18.4 Å². The molecule has 0 aliphatic heterocycles. The van der Waals surface area contributed by atoms with Crippen molar-refractivity contribution < 1.29 is 9.26 Å². The van der Waals surface area contributed by atoms with Crippen LogP contribution < -0.4 is 4.74 Å². The van der Waals surface area contributed by atoms with Gasteiger partial charge in [0.1, 0.15) is 5.76 Å². The number of halogens is 1. The van der Waals surface area contributed by atoms with Crippen molar-refractivity contribution in [1.82, 2.24) is 5.16 Å². The molecule has 0 bridgehead atoms. The van der Waals surface area contributed by atoms with E-state index in [-0.39, 0.29) is 0 Å². The molecule has 0 N–H and O–H groups in total. The molecule has 3 nitrogen and oxygen atoms in total. The molecule has 0 aromatic carbocycles. The standard InChI is InChI=1S/C8H12BrNO2.C2H6/c1-6(2)7-5-8(10-12-7)11-4-3-9;1-2/h5-6H,3-4H2,1-2H3;1-2H3. The van der Waals surface area contributed by atoms with Crippen LogP contribution in [0.1, 0.15) is 39.4 Å². The van der Waals surface area contributed by atoms with Crippen molar-refractivity contribution in [1.29, 1.82) is 0 Å². The zero-order valence-electron chi connectivity index (χ0n) is 9.21. The Morgan fingerprint density at radius 3 is 2.57 bits per heavy atom. The average Bonchev–Trinajstić information content (AvgIpc) is 2.66. The van der Waals surface area contributed by atoms with Gasteiger partial charge in [0, 0.05) is 17.3 Å².